The first kappa shape index (κ1) is 28.3. The largest absolute Gasteiger partial charge is 0.455 e. The van der Waals surface area contributed by atoms with E-state index in [0.29, 0.717) is 16.8 Å². The normalized spacial score (nSPS) is 13.5. The van der Waals surface area contributed by atoms with Crippen molar-refractivity contribution in [1.82, 2.24) is 35.3 Å². The van der Waals surface area contributed by atoms with Crippen molar-refractivity contribution in [3.8, 4) is 11.8 Å². The molecule has 1 fully saturated rings. The number of amides is 1. The number of tetrazole rings is 1. The Morgan fingerprint density at radius 3 is 2.59 bits per heavy atom. The molecule has 2 aromatic heterocycles. The van der Waals surface area contributed by atoms with E-state index in [1.165, 1.54) is 16.8 Å². The molecule has 41 heavy (non-hydrogen) atoms. The van der Waals surface area contributed by atoms with Crippen LogP contribution in [-0.2, 0) is 19.1 Å². The van der Waals surface area contributed by atoms with Crippen LogP contribution in [0.25, 0.3) is 5.69 Å². The number of nitriles is 1. The van der Waals surface area contributed by atoms with Crippen LogP contribution in [0.5, 0.6) is 0 Å². The maximum absolute atomic E-state index is 13.8. The van der Waals surface area contributed by atoms with Crippen LogP contribution in [0, 0.1) is 18.3 Å². The number of carbonyl (C=O) groups is 2. The Hall–Kier alpha value is -4.22. The lowest BCUT2D eigenvalue weighted by Gasteiger charge is -2.26. The molecule has 1 aliphatic heterocycles. The number of aryl methyl sites for hydroxylation is 1. The third kappa shape index (κ3) is 6.10. The quantitative estimate of drug-likeness (QED) is 0.300. The highest BCUT2D eigenvalue weighted by Gasteiger charge is 2.37. The molecule has 5 rings (SSSR count). The SMILES string of the molecule is Cc1cc(C#N)cc(C(=O)NC2CSC2)c1CC(=O)c1cc(Cn2nnc(C(F)(F)F)n2)nn1-c1ccccc1Cl. The van der Waals surface area contributed by atoms with E-state index in [1.807, 2.05) is 6.07 Å². The maximum atomic E-state index is 13.8. The zero-order valence-electron chi connectivity index (χ0n) is 21.3. The molecule has 4 aromatic rings. The fraction of sp³-hybridized carbons (Fsp3) is 0.269. The number of ketones is 1. The van der Waals surface area contributed by atoms with Gasteiger partial charge >= 0.3 is 6.18 Å². The second kappa shape index (κ2) is 11.3. The number of Topliss-reactive ketones (excluding diaryl/α,β-unsaturated/α-hetero) is 1. The molecule has 0 atom stereocenters. The summed E-state index contributed by atoms with van der Waals surface area (Å²) in [6.07, 6.45) is -4.98. The van der Waals surface area contributed by atoms with Gasteiger partial charge < -0.3 is 5.32 Å². The molecule has 1 N–H and O–H groups in total. The van der Waals surface area contributed by atoms with E-state index in [9.17, 15) is 28.0 Å². The van der Waals surface area contributed by atoms with Gasteiger partial charge in [0.25, 0.3) is 11.7 Å². The second-order valence-electron chi connectivity index (χ2n) is 9.26. The van der Waals surface area contributed by atoms with Crippen molar-refractivity contribution in [2.75, 3.05) is 11.5 Å². The Bertz CT molecular complexity index is 1690. The van der Waals surface area contributed by atoms with Gasteiger partial charge in [-0.05, 0) is 53.6 Å². The average molecular weight is 601 g/mol. The van der Waals surface area contributed by atoms with E-state index in [1.54, 1.807) is 49.0 Å². The van der Waals surface area contributed by atoms with Crippen LogP contribution < -0.4 is 5.32 Å². The summed E-state index contributed by atoms with van der Waals surface area (Å²) < 4.78 is 40.1. The molecule has 0 spiro atoms. The first-order valence-electron chi connectivity index (χ1n) is 12.2. The minimum Gasteiger partial charge on any atom is -0.348 e. The Kier molecular flexibility index (Phi) is 7.83. The molecular formula is C26H20ClF3N8O2S. The Morgan fingerprint density at radius 2 is 1.95 bits per heavy atom. The van der Waals surface area contributed by atoms with Gasteiger partial charge in [-0.3, -0.25) is 9.59 Å². The molecule has 0 unspecified atom stereocenters. The van der Waals surface area contributed by atoms with Gasteiger partial charge in [0.05, 0.1) is 28.0 Å². The van der Waals surface area contributed by atoms with Crippen molar-refractivity contribution >= 4 is 35.1 Å². The van der Waals surface area contributed by atoms with Crippen molar-refractivity contribution < 1.29 is 22.8 Å². The summed E-state index contributed by atoms with van der Waals surface area (Å²) in [5, 5.41) is 26.9. The monoisotopic (exact) mass is 600 g/mol. The molecule has 1 aliphatic rings. The number of nitrogens with zero attached hydrogens (tertiary/aromatic N) is 7. The number of thioether (sulfide) groups is 1. The van der Waals surface area contributed by atoms with E-state index in [0.717, 1.165) is 16.3 Å². The maximum Gasteiger partial charge on any atom is 0.455 e. The van der Waals surface area contributed by atoms with Gasteiger partial charge in [-0.1, -0.05) is 23.7 Å². The van der Waals surface area contributed by atoms with E-state index in [4.69, 9.17) is 11.6 Å². The molecule has 10 nitrogen and oxygen atoms in total. The van der Waals surface area contributed by atoms with E-state index in [2.05, 4.69) is 25.8 Å². The third-order valence-electron chi connectivity index (χ3n) is 6.29. The van der Waals surface area contributed by atoms with Gasteiger partial charge in [-0.15, -0.1) is 10.2 Å². The molecule has 210 valence electrons. The lowest BCUT2D eigenvalue weighted by atomic mass is 9.93. The molecule has 15 heteroatoms. The van der Waals surface area contributed by atoms with Crippen molar-refractivity contribution in [3.05, 3.63) is 87.0 Å². The minimum absolute atomic E-state index is 0.00886. The molecule has 1 amide bonds. The van der Waals surface area contributed by atoms with Crippen molar-refractivity contribution in [3.63, 3.8) is 0 Å². The van der Waals surface area contributed by atoms with Crippen LogP contribution in [0.15, 0.2) is 42.5 Å². The summed E-state index contributed by atoms with van der Waals surface area (Å²) in [6, 6.07) is 13.1. The van der Waals surface area contributed by atoms with Gasteiger partial charge in [-0.25, -0.2) is 4.68 Å². The van der Waals surface area contributed by atoms with Crippen molar-refractivity contribution in [1.29, 1.82) is 5.26 Å². The van der Waals surface area contributed by atoms with Crippen LogP contribution in [-0.4, -0.2) is 59.2 Å². The van der Waals surface area contributed by atoms with Gasteiger partial charge in [0.1, 0.15) is 12.2 Å². The highest BCUT2D eigenvalue weighted by atomic mass is 35.5. The van der Waals surface area contributed by atoms with Gasteiger partial charge in [-0.2, -0.15) is 40.1 Å². The molecule has 3 heterocycles. The predicted octanol–water partition coefficient (Wildman–Crippen LogP) is 4.03. The molecule has 1 saturated heterocycles. The number of nitrogens with one attached hydrogen (secondary N) is 1. The van der Waals surface area contributed by atoms with Crippen LogP contribution in [0.2, 0.25) is 5.02 Å². The Morgan fingerprint density at radius 1 is 1.20 bits per heavy atom. The standard InChI is InChI=1S/C26H20ClF3N8O2S/c1-14-6-15(10-31)7-19(24(40)32-17-12-41-13-17)18(14)9-23(39)22-8-16(11-37-35-25(33-36-37)26(28,29)30)34-38(22)21-5-3-2-4-20(21)27/h2-8,17H,9,11-13H2,1H3,(H,32,40). The highest BCUT2D eigenvalue weighted by molar-refractivity contribution is 8.00. The van der Waals surface area contributed by atoms with E-state index >= 15 is 0 Å². The number of hydrogen-bond acceptors (Lipinski definition) is 8. The summed E-state index contributed by atoms with van der Waals surface area (Å²) in [6.45, 7) is 1.41. The molecular weight excluding hydrogens is 581 g/mol. The smallest absolute Gasteiger partial charge is 0.348 e. The lowest BCUT2D eigenvalue weighted by molar-refractivity contribution is -0.145. The van der Waals surface area contributed by atoms with E-state index < -0.39 is 17.8 Å². The first-order chi connectivity index (χ1) is 19.5. The molecule has 0 aliphatic carbocycles. The average Bonchev–Trinajstić information content (AvgIpc) is 3.55. The van der Waals surface area contributed by atoms with Crippen LogP contribution in [0.1, 0.15) is 49.1 Å². The Balaban J connectivity index is 1.51. The van der Waals surface area contributed by atoms with Gasteiger partial charge in [0, 0.05) is 29.5 Å². The summed E-state index contributed by atoms with van der Waals surface area (Å²) in [4.78, 5) is 27.7. The number of benzene rings is 2. The summed E-state index contributed by atoms with van der Waals surface area (Å²) >= 11 is 8.09. The predicted molar refractivity (Wildman–Crippen MR) is 143 cm³/mol. The second-order valence-corrected chi connectivity index (χ2v) is 10.7. The van der Waals surface area contributed by atoms with Crippen molar-refractivity contribution in [2.45, 2.75) is 32.1 Å². The van der Waals surface area contributed by atoms with Crippen LogP contribution in [0.3, 0.4) is 0 Å². The molecule has 0 saturated carbocycles. The summed E-state index contributed by atoms with van der Waals surface area (Å²) in [5.74, 6) is -0.658. The third-order valence-corrected chi connectivity index (χ3v) is 7.89. The number of hydrogen-bond donors (Lipinski definition) is 1. The number of halogens is 4. The molecule has 0 radical (unpaired) electrons. The topological polar surface area (TPSA) is 131 Å². The van der Waals surface area contributed by atoms with Gasteiger partial charge in [0.15, 0.2) is 5.78 Å². The summed E-state index contributed by atoms with van der Waals surface area (Å²) in [7, 11) is 0. The number of para-hydroxylation sites is 1. The number of rotatable bonds is 8. The fourth-order valence-corrected chi connectivity index (χ4v) is 5.09. The number of aromatic nitrogens is 6. The zero-order chi connectivity index (χ0) is 29.3. The lowest BCUT2D eigenvalue weighted by Crippen LogP contribution is -2.44. The van der Waals surface area contributed by atoms with Crippen molar-refractivity contribution in [2.24, 2.45) is 0 Å². The number of carbonyl (C=O) groups excluding carboxylic acids is 2. The minimum atomic E-state index is -4.77. The van der Waals surface area contributed by atoms with Crippen LogP contribution in [0.4, 0.5) is 13.2 Å². The Labute approximate surface area is 240 Å². The highest BCUT2D eigenvalue weighted by Crippen LogP contribution is 2.27. The molecule has 0 bridgehead atoms. The van der Waals surface area contributed by atoms with E-state index in [-0.39, 0.29) is 52.5 Å². The fourth-order valence-electron chi connectivity index (χ4n) is 4.23. The molecule has 2 aromatic carbocycles. The first-order valence-corrected chi connectivity index (χ1v) is 13.7. The summed E-state index contributed by atoms with van der Waals surface area (Å²) in [5.41, 5.74) is 2.16. The number of alkyl halides is 3. The van der Waals surface area contributed by atoms with Crippen LogP contribution >= 0.6 is 23.4 Å². The zero-order valence-corrected chi connectivity index (χ0v) is 22.9. The van der Waals surface area contributed by atoms with Gasteiger partial charge in [0.2, 0.25) is 0 Å².